The Hall–Kier alpha value is -1.69. The molecule has 0 bridgehead atoms. The zero-order valence-electron chi connectivity index (χ0n) is 7.43. The van der Waals surface area contributed by atoms with Crippen LogP contribution in [-0.2, 0) is 4.79 Å². The topological polar surface area (TPSA) is 66.8 Å². The molecular weight excluding hydrogens is 210 g/mol. The number of rotatable bonds is 4. The predicted molar refractivity (Wildman–Crippen MR) is 45.7 cm³/mol. The largest absolute Gasteiger partial charge is 0.479 e. The molecule has 1 aromatic rings. The monoisotopic (exact) mass is 218 g/mol. The van der Waals surface area contributed by atoms with Gasteiger partial charge in [0.25, 0.3) is 0 Å². The van der Waals surface area contributed by atoms with E-state index in [2.05, 4.69) is 4.74 Å². The molecule has 2 N–H and O–H groups in total. The van der Waals surface area contributed by atoms with Gasteiger partial charge in [-0.2, -0.15) is 8.78 Å². The smallest absolute Gasteiger partial charge is 0.387 e. The lowest BCUT2D eigenvalue weighted by atomic mass is 10.1. The van der Waals surface area contributed by atoms with Gasteiger partial charge in [-0.15, -0.1) is 0 Å². The number of carboxylic acids is 1. The molecule has 0 aliphatic rings. The van der Waals surface area contributed by atoms with Crippen molar-refractivity contribution in [3.8, 4) is 5.75 Å². The number of hydrogen-bond donors (Lipinski definition) is 2. The van der Waals surface area contributed by atoms with Gasteiger partial charge in [-0.25, -0.2) is 4.79 Å². The van der Waals surface area contributed by atoms with Gasteiger partial charge in [-0.3, -0.25) is 0 Å². The summed E-state index contributed by atoms with van der Waals surface area (Å²) < 4.78 is 27.9. The molecule has 0 unspecified atom stereocenters. The minimum atomic E-state index is -3.06. The lowest BCUT2D eigenvalue weighted by molar-refractivity contribution is -0.147. The Morgan fingerprint density at radius 2 is 1.93 bits per heavy atom. The van der Waals surface area contributed by atoms with Crippen LogP contribution >= 0.6 is 0 Å². The fraction of sp³-hybridized carbons (Fsp3) is 0.222. The summed E-state index contributed by atoms with van der Waals surface area (Å²) in [5.41, 5.74) is -0.203. The summed E-state index contributed by atoms with van der Waals surface area (Å²) in [6.07, 6.45) is -1.88. The van der Waals surface area contributed by atoms with Crippen molar-refractivity contribution in [3.05, 3.63) is 29.8 Å². The molecule has 82 valence electrons. The van der Waals surface area contributed by atoms with Crippen LogP contribution in [0, 0.1) is 0 Å². The molecule has 0 spiro atoms. The van der Waals surface area contributed by atoms with Crippen molar-refractivity contribution in [2.75, 3.05) is 0 Å². The molecule has 4 nitrogen and oxygen atoms in total. The van der Waals surface area contributed by atoms with Crippen LogP contribution in [0.25, 0.3) is 0 Å². The Balaban J connectivity index is 3.00. The summed E-state index contributed by atoms with van der Waals surface area (Å²) in [5.74, 6) is -1.87. The van der Waals surface area contributed by atoms with Crippen LogP contribution in [-0.4, -0.2) is 22.8 Å². The van der Waals surface area contributed by atoms with Gasteiger partial charge < -0.3 is 14.9 Å². The normalized spacial score (nSPS) is 12.5. The summed E-state index contributed by atoms with van der Waals surface area (Å²) in [6.45, 7) is -3.06. The van der Waals surface area contributed by atoms with E-state index in [0.29, 0.717) is 0 Å². The third-order valence-corrected chi connectivity index (χ3v) is 1.66. The molecule has 0 aliphatic heterocycles. The number of hydrogen-bond acceptors (Lipinski definition) is 3. The van der Waals surface area contributed by atoms with Crippen molar-refractivity contribution >= 4 is 5.97 Å². The maximum absolute atomic E-state index is 11.9. The van der Waals surface area contributed by atoms with Gasteiger partial charge in [0.2, 0.25) is 0 Å². The van der Waals surface area contributed by atoms with E-state index < -0.39 is 18.7 Å². The fourth-order valence-corrected chi connectivity index (χ4v) is 1.04. The Labute approximate surface area is 83.7 Å². The highest BCUT2D eigenvalue weighted by Crippen LogP contribution is 2.26. The Morgan fingerprint density at radius 3 is 2.47 bits per heavy atom. The third kappa shape index (κ3) is 2.88. The molecule has 1 aromatic carbocycles. The van der Waals surface area contributed by atoms with Crippen molar-refractivity contribution in [2.24, 2.45) is 0 Å². The first-order chi connectivity index (χ1) is 7.02. The first-order valence-electron chi connectivity index (χ1n) is 3.97. The summed E-state index contributed by atoms with van der Waals surface area (Å²) in [4.78, 5) is 10.4. The molecule has 6 heteroatoms. The van der Waals surface area contributed by atoms with Crippen molar-refractivity contribution < 1.29 is 28.5 Å². The molecule has 0 fully saturated rings. The molecule has 0 aliphatic carbocycles. The van der Waals surface area contributed by atoms with Crippen LogP contribution in [0.15, 0.2) is 24.3 Å². The molecular formula is C9H8F2O4. The van der Waals surface area contributed by atoms with E-state index in [-0.39, 0.29) is 11.3 Å². The Morgan fingerprint density at radius 1 is 1.33 bits per heavy atom. The zero-order chi connectivity index (χ0) is 11.4. The van der Waals surface area contributed by atoms with Gasteiger partial charge in [0.15, 0.2) is 6.10 Å². The van der Waals surface area contributed by atoms with E-state index >= 15 is 0 Å². The van der Waals surface area contributed by atoms with Gasteiger partial charge in [-0.05, 0) is 6.07 Å². The standard InChI is InChI=1S/C9H8F2O4/c10-9(11)15-6-4-2-1-3-5(6)7(12)8(13)14/h1-4,7,9,12H,(H,13,14)/t7-/m1/s1. The molecule has 0 saturated carbocycles. The van der Waals surface area contributed by atoms with Gasteiger partial charge in [0, 0.05) is 5.56 Å². The van der Waals surface area contributed by atoms with E-state index in [9.17, 15) is 13.6 Å². The SMILES string of the molecule is O=C(O)[C@H](O)c1ccccc1OC(F)F. The fourth-order valence-electron chi connectivity index (χ4n) is 1.04. The van der Waals surface area contributed by atoms with E-state index in [1.165, 1.54) is 18.2 Å². The number of aliphatic carboxylic acids is 1. The van der Waals surface area contributed by atoms with Crippen molar-refractivity contribution in [1.29, 1.82) is 0 Å². The second-order valence-electron chi connectivity index (χ2n) is 2.66. The number of alkyl halides is 2. The second kappa shape index (κ2) is 4.70. The maximum atomic E-state index is 11.9. The van der Waals surface area contributed by atoms with Crippen LogP contribution in [0.4, 0.5) is 8.78 Å². The zero-order valence-corrected chi connectivity index (χ0v) is 7.43. The van der Waals surface area contributed by atoms with Crippen LogP contribution in [0.5, 0.6) is 5.75 Å². The predicted octanol–water partition coefficient (Wildman–Crippen LogP) is 1.41. The highest BCUT2D eigenvalue weighted by molar-refractivity contribution is 5.75. The molecule has 1 rings (SSSR count). The third-order valence-electron chi connectivity index (χ3n) is 1.66. The van der Waals surface area contributed by atoms with Gasteiger partial charge in [-0.1, -0.05) is 18.2 Å². The summed E-state index contributed by atoms with van der Waals surface area (Å²) >= 11 is 0. The minimum absolute atomic E-state index is 0.203. The van der Waals surface area contributed by atoms with Crippen molar-refractivity contribution in [2.45, 2.75) is 12.7 Å². The first kappa shape index (κ1) is 11.4. The van der Waals surface area contributed by atoms with E-state index in [1.54, 1.807) is 0 Å². The number of carboxylic acid groups (broad SMARTS) is 1. The van der Waals surface area contributed by atoms with Gasteiger partial charge >= 0.3 is 12.6 Å². The quantitative estimate of drug-likeness (QED) is 0.801. The summed E-state index contributed by atoms with van der Waals surface area (Å²) in [6, 6.07) is 5.18. The van der Waals surface area contributed by atoms with Crippen LogP contribution < -0.4 is 4.74 Å². The van der Waals surface area contributed by atoms with E-state index in [1.807, 2.05) is 0 Å². The molecule has 0 amide bonds. The Kier molecular flexibility index (Phi) is 3.56. The highest BCUT2D eigenvalue weighted by Gasteiger charge is 2.21. The number of halogens is 2. The molecule has 0 aromatic heterocycles. The lowest BCUT2D eigenvalue weighted by Crippen LogP contribution is -2.13. The number of benzene rings is 1. The minimum Gasteiger partial charge on any atom is -0.479 e. The number of aliphatic hydroxyl groups is 1. The molecule has 0 heterocycles. The van der Waals surface area contributed by atoms with Crippen molar-refractivity contribution in [3.63, 3.8) is 0 Å². The number of ether oxygens (including phenoxy) is 1. The first-order valence-corrected chi connectivity index (χ1v) is 3.97. The maximum Gasteiger partial charge on any atom is 0.387 e. The molecule has 15 heavy (non-hydrogen) atoms. The average Bonchev–Trinajstić information content (AvgIpc) is 2.16. The van der Waals surface area contributed by atoms with Gasteiger partial charge in [0.1, 0.15) is 5.75 Å². The summed E-state index contributed by atoms with van der Waals surface area (Å²) in [7, 11) is 0. The average molecular weight is 218 g/mol. The van der Waals surface area contributed by atoms with Crippen LogP contribution in [0.3, 0.4) is 0 Å². The lowest BCUT2D eigenvalue weighted by Gasteiger charge is -2.12. The van der Waals surface area contributed by atoms with Crippen LogP contribution in [0.2, 0.25) is 0 Å². The van der Waals surface area contributed by atoms with Crippen molar-refractivity contribution in [1.82, 2.24) is 0 Å². The van der Waals surface area contributed by atoms with Gasteiger partial charge in [0.05, 0.1) is 0 Å². The van der Waals surface area contributed by atoms with E-state index in [0.717, 1.165) is 6.07 Å². The number of aliphatic hydroxyl groups excluding tert-OH is 1. The second-order valence-corrected chi connectivity index (χ2v) is 2.66. The molecule has 0 saturated heterocycles. The Bertz CT molecular complexity index is 354. The molecule has 1 atom stereocenters. The highest BCUT2D eigenvalue weighted by atomic mass is 19.3. The van der Waals surface area contributed by atoms with E-state index in [4.69, 9.17) is 10.2 Å². The molecule has 0 radical (unpaired) electrons. The summed E-state index contributed by atoms with van der Waals surface area (Å²) in [5, 5.41) is 17.7. The number of para-hydroxylation sites is 1. The van der Waals surface area contributed by atoms with Crippen LogP contribution in [0.1, 0.15) is 11.7 Å². The number of carbonyl (C=O) groups is 1.